The Balaban J connectivity index is 2.13. The van der Waals surface area contributed by atoms with Crippen molar-refractivity contribution >= 4 is 11.3 Å². The van der Waals surface area contributed by atoms with Crippen molar-refractivity contribution < 1.29 is 13.5 Å². The molecule has 0 aliphatic rings. The van der Waals surface area contributed by atoms with Crippen LogP contribution in [-0.4, -0.2) is 42.9 Å². The van der Waals surface area contributed by atoms with Gasteiger partial charge >= 0.3 is 0 Å². The second-order valence-electron chi connectivity index (χ2n) is 3.81. The van der Waals surface area contributed by atoms with Crippen LogP contribution in [0.2, 0.25) is 0 Å². The minimum Gasteiger partial charge on any atom is -0.375 e. The fraction of sp³-hybridized carbons (Fsp3) is 0.818. The summed E-state index contributed by atoms with van der Waals surface area (Å²) in [6.45, 7) is 3.78. The van der Waals surface area contributed by atoms with Crippen LogP contribution in [0.4, 0.5) is 8.78 Å². The molecule has 0 atom stereocenters. The van der Waals surface area contributed by atoms with Crippen LogP contribution in [0, 0.1) is 0 Å². The van der Waals surface area contributed by atoms with Crippen LogP contribution in [0.1, 0.15) is 23.4 Å². The van der Waals surface area contributed by atoms with Crippen LogP contribution in [0.5, 0.6) is 0 Å². The number of alkyl halides is 2. The van der Waals surface area contributed by atoms with Gasteiger partial charge in [0.2, 0.25) is 0 Å². The summed E-state index contributed by atoms with van der Waals surface area (Å²) in [5, 5.41) is 13.2. The number of hydrogen-bond acceptors (Lipinski definition) is 5. The maximum Gasteiger partial charge on any atom is 0.261 e. The highest BCUT2D eigenvalue weighted by Gasteiger charge is 2.05. The number of ether oxygens (including phenoxy) is 1. The Morgan fingerprint density at radius 3 is 2.61 bits per heavy atom. The molecule has 0 saturated carbocycles. The largest absolute Gasteiger partial charge is 0.375 e. The van der Waals surface area contributed by atoms with E-state index in [4.69, 9.17) is 4.74 Å². The second kappa shape index (κ2) is 9.29. The van der Waals surface area contributed by atoms with Gasteiger partial charge in [-0.2, -0.15) is 0 Å². The zero-order chi connectivity index (χ0) is 13.2. The molecule has 0 aliphatic carbocycles. The molecule has 0 fully saturated rings. The second-order valence-corrected chi connectivity index (χ2v) is 4.95. The molecule has 1 heterocycles. The molecule has 0 spiro atoms. The lowest BCUT2D eigenvalue weighted by atomic mass is 10.4. The summed E-state index contributed by atoms with van der Waals surface area (Å²) in [6.07, 6.45) is 0.116. The maximum absolute atomic E-state index is 11.8. The minimum absolute atomic E-state index is 0.271. The van der Waals surface area contributed by atoms with Gasteiger partial charge in [0, 0.05) is 19.4 Å². The minimum atomic E-state index is -2.40. The molecule has 1 rings (SSSR count). The summed E-state index contributed by atoms with van der Waals surface area (Å²) >= 11 is 1.52. The van der Waals surface area contributed by atoms with E-state index in [9.17, 15) is 8.78 Å². The summed E-state index contributed by atoms with van der Waals surface area (Å²) in [7, 11) is 0. The molecule has 1 aromatic heterocycles. The average Bonchev–Trinajstić information content (AvgIpc) is 2.78. The van der Waals surface area contributed by atoms with Gasteiger partial charge in [-0.3, -0.25) is 0 Å². The van der Waals surface area contributed by atoms with Gasteiger partial charge in [-0.1, -0.05) is 6.92 Å². The van der Waals surface area contributed by atoms with Crippen molar-refractivity contribution in [1.82, 2.24) is 15.5 Å². The SMILES string of the molecule is CCCNCCc1nnc(CCOCC(F)F)s1. The molecule has 18 heavy (non-hydrogen) atoms. The van der Waals surface area contributed by atoms with E-state index >= 15 is 0 Å². The Hall–Kier alpha value is -0.660. The number of nitrogens with one attached hydrogen (secondary N) is 1. The standard InChI is InChI=1S/C11H19F2N3OS/c1-2-5-14-6-3-10-15-16-11(18-10)4-7-17-8-9(12)13/h9,14H,2-8H2,1H3. The van der Waals surface area contributed by atoms with E-state index in [0.717, 1.165) is 35.9 Å². The Bertz CT molecular complexity index is 323. The van der Waals surface area contributed by atoms with Crippen molar-refractivity contribution in [2.24, 2.45) is 0 Å². The maximum atomic E-state index is 11.8. The van der Waals surface area contributed by atoms with E-state index in [1.54, 1.807) is 0 Å². The van der Waals surface area contributed by atoms with Crippen molar-refractivity contribution in [3.63, 3.8) is 0 Å². The third kappa shape index (κ3) is 6.93. The third-order valence-electron chi connectivity index (χ3n) is 2.16. The topological polar surface area (TPSA) is 47.0 Å². The van der Waals surface area contributed by atoms with Crippen LogP contribution >= 0.6 is 11.3 Å². The van der Waals surface area contributed by atoms with E-state index in [1.165, 1.54) is 11.3 Å². The molecular formula is C11H19F2N3OS. The van der Waals surface area contributed by atoms with Gasteiger partial charge in [0.05, 0.1) is 6.61 Å². The van der Waals surface area contributed by atoms with Gasteiger partial charge < -0.3 is 10.1 Å². The number of hydrogen-bond donors (Lipinski definition) is 1. The Kier molecular flexibility index (Phi) is 7.95. The van der Waals surface area contributed by atoms with Crippen LogP contribution in [0.25, 0.3) is 0 Å². The van der Waals surface area contributed by atoms with Crippen molar-refractivity contribution in [2.45, 2.75) is 32.6 Å². The fourth-order valence-electron chi connectivity index (χ4n) is 1.32. The molecular weight excluding hydrogens is 260 g/mol. The van der Waals surface area contributed by atoms with Crippen molar-refractivity contribution in [1.29, 1.82) is 0 Å². The molecule has 104 valence electrons. The molecule has 1 aromatic rings. The van der Waals surface area contributed by atoms with Crippen LogP contribution in [0.15, 0.2) is 0 Å². The highest BCUT2D eigenvalue weighted by molar-refractivity contribution is 7.11. The first-order valence-electron chi connectivity index (χ1n) is 6.10. The summed E-state index contributed by atoms with van der Waals surface area (Å²) in [6, 6.07) is 0. The van der Waals surface area contributed by atoms with E-state index in [1.807, 2.05) is 0 Å². The normalized spacial score (nSPS) is 11.3. The molecule has 0 saturated heterocycles. The third-order valence-corrected chi connectivity index (χ3v) is 3.20. The lowest BCUT2D eigenvalue weighted by molar-refractivity contribution is 0.0186. The molecule has 0 aromatic carbocycles. The Labute approximate surface area is 110 Å². The lowest BCUT2D eigenvalue weighted by Crippen LogP contribution is -2.17. The summed E-state index contributed by atoms with van der Waals surface area (Å²) in [4.78, 5) is 0. The van der Waals surface area contributed by atoms with E-state index in [-0.39, 0.29) is 6.61 Å². The van der Waals surface area contributed by atoms with Crippen molar-refractivity contribution in [3.8, 4) is 0 Å². The van der Waals surface area contributed by atoms with Gasteiger partial charge in [-0.25, -0.2) is 8.78 Å². The highest BCUT2D eigenvalue weighted by Crippen LogP contribution is 2.10. The summed E-state index contributed by atoms with van der Waals surface area (Å²) < 4.78 is 28.4. The smallest absolute Gasteiger partial charge is 0.261 e. The molecule has 4 nitrogen and oxygen atoms in total. The summed E-state index contributed by atoms with van der Waals surface area (Å²) in [5.41, 5.74) is 0. The quantitative estimate of drug-likeness (QED) is 0.665. The first-order valence-corrected chi connectivity index (χ1v) is 6.92. The van der Waals surface area contributed by atoms with Gasteiger partial charge in [-0.15, -0.1) is 21.5 Å². The fourth-order valence-corrected chi connectivity index (χ4v) is 2.14. The Morgan fingerprint density at radius 2 is 1.94 bits per heavy atom. The van der Waals surface area contributed by atoms with E-state index in [2.05, 4.69) is 22.4 Å². The predicted molar refractivity (Wildman–Crippen MR) is 67.3 cm³/mol. The molecule has 7 heteroatoms. The lowest BCUT2D eigenvalue weighted by Gasteiger charge is -2.00. The number of nitrogens with zero attached hydrogens (tertiary/aromatic N) is 2. The van der Waals surface area contributed by atoms with E-state index in [0.29, 0.717) is 6.42 Å². The van der Waals surface area contributed by atoms with Gasteiger partial charge in [-0.05, 0) is 13.0 Å². The van der Waals surface area contributed by atoms with Crippen LogP contribution in [0.3, 0.4) is 0 Å². The van der Waals surface area contributed by atoms with Gasteiger partial charge in [0.1, 0.15) is 16.6 Å². The predicted octanol–water partition coefficient (Wildman–Crippen LogP) is 1.90. The molecule has 0 amide bonds. The van der Waals surface area contributed by atoms with Gasteiger partial charge in [0.15, 0.2) is 0 Å². The van der Waals surface area contributed by atoms with Crippen molar-refractivity contribution in [3.05, 3.63) is 10.0 Å². The monoisotopic (exact) mass is 279 g/mol. The zero-order valence-electron chi connectivity index (χ0n) is 10.5. The number of halogens is 2. The molecule has 0 bridgehead atoms. The highest BCUT2D eigenvalue weighted by atomic mass is 32.1. The average molecular weight is 279 g/mol. The summed E-state index contributed by atoms with van der Waals surface area (Å²) in [5.74, 6) is 0. The molecule has 0 unspecified atom stereocenters. The van der Waals surface area contributed by atoms with E-state index < -0.39 is 13.0 Å². The first kappa shape index (κ1) is 15.4. The van der Waals surface area contributed by atoms with Crippen molar-refractivity contribution in [2.75, 3.05) is 26.3 Å². The number of aromatic nitrogens is 2. The first-order chi connectivity index (χ1) is 8.72. The molecule has 0 aliphatic heterocycles. The zero-order valence-corrected chi connectivity index (χ0v) is 11.3. The Morgan fingerprint density at radius 1 is 1.22 bits per heavy atom. The van der Waals surface area contributed by atoms with Gasteiger partial charge in [0.25, 0.3) is 6.43 Å². The molecule has 0 radical (unpaired) electrons. The number of rotatable bonds is 10. The van der Waals surface area contributed by atoms with Crippen LogP contribution in [-0.2, 0) is 17.6 Å². The van der Waals surface area contributed by atoms with Crippen LogP contribution < -0.4 is 5.32 Å². The molecule has 1 N–H and O–H groups in total.